The second kappa shape index (κ2) is 4.37. The molecule has 0 aliphatic rings. The van der Waals surface area contributed by atoms with Crippen LogP contribution < -0.4 is 4.74 Å². The van der Waals surface area contributed by atoms with Crippen LogP contribution in [0.25, 0.3) is 22.9 Å². The van der Waals surface area contributed by atoms with E-state index in [4.69, 9.17) is 13.6 Å². The Morgan fingerprint density at radius 3 is 2.61 bits per heavy atom. The molecule has 1 aromatic carbocycles. The first kappa shape index (κ1) is 10.6. The zero-order chi connectivity index (χ0) is 12.4. The van der Waals surface area contributed by atoms with Crippen molar-refractivity contribution < 1.29 is 13.6 Å². The molecule has 0 aliphatic carbocycles. The minimum Gasteiger partial charge on any atom is -0.497 e. The van der Waals surface area contributed by atoms with Crippen molar-refractivity contribution in [1.29, 1.82) is 0 Å². The van der Waals surface area contributed by atoms with E-state index >= 15 is 0 Å². The van der Waals surface area contributed by atoms with Gasteiger partial charge in [0.15, 0.2) is 0 Å². The molecule has 0 bridgehead atoms. The Balaban J connectivity index is 1.97. The van der Waals surface area contributed by atoms with Gasteiger partial charge in [0.2, 0.25) is 5.89 Å². The Morgan fingerprint density at radius 2 is 1.89 bits per heavy atom. The van der Waals surface area contributed by atoms with Gasteiger partial charge in [-0.05, 0) is 24.3 Å². The summed E-state index contributed by atoms with van der Waals surface area (Å²) in [6.07, 6.45) is 3.12. The second-order valence-electron chi connectivity index (χ2n) is 3.66. The van der Waals surface area contributed by atoms with E-state index in [-0.39, 0.29) is 0 Å². The molecule has 0 saturated heterocycles. The standard InChI is InChI=1S/C13H10N2O3/c1-16-11-4-2-3-9(7-11)12-14-15-13(18-12)10-5-6-17-8-10/h2-8H,1H3. The molecule has 5 heteroatoms. The van der Waals surface area contributed by atoms with Crippen LogP contribution in [0, 0.1) is 0 Å². The number of furan rings is 1. The quantitative estimate of drug-likeness (QED) is 0.706. The molecule has 0 unspecified atom stereocenters. The molecule has 0 amide bonds. The van der Waals surface area contributed by atoms with Crippen molar-refractivity contribution >= 4 is 0 Å². The number of nitrogens with zero attached hydrogens (tertiary/aromatic N) is 2. The van der Waals surface area contributed by atoms with Gasteiger partial charge >= 0.3 is 0 Å². The van der Waals surface area contributed by atoms with E-state index in [9.17, 15) is 0 Å². The van der Waals surface area contributed by atoms with Crippen LogP contribution in [0.4, 0.5) is 0 Å². The highest BCUT2D eigenvalue weighted by Gasteiger charge is 2.11. The van der Waals surface area contributed by atoms with E-state index in [2.05, 4.69) is 10.2 Å². The maximum atomic E-state index is 5.58. The van der Waals surface area contributed by atoms with Gasteiger partial charge in [-0.3, -0.25) is 0 Å². The SMILES string of the molecule is COc1cccc(-c2nnc(-c3ccoc3)o2)c1. The van der Waals surface area contributed by atoms with E-state index < -0.39 is 0 Å². The molecule has 5 nitrogen and oxygen atoms in total. The van der Waals surface area contributed by atoms with Crippen molar-refractivity contribution in [3.05, 3.63) is 42.9 Å². The highest BCUT2D eigenvalue weighted by atomic mass is 16.5. The fourth-order valence-electron chi connectivity index (χ4n) is 1.60. The normalized spacial score (nSPS) is 10.5. The van der Waals surface area contributed by atoms with Crippen LogP contribution in [-0.2, 0) is 0 Å². The van der Waals surface area contributed by atoms with Gasteiger partial charge in [0, 0.05) is 5.56 Å². The molecule has 0 radical (unpaired) electrons. The molecule has 18 heavy (non-hydrogen) atoms. The lowest BCUT2D eigenvalue weighted by molar-refractivity contribution is 0.415. The fraction of sp³-hybridized carbons (Fsp3) is 0.0769. The largest absolute Gasteiger partial charge is 0.497 e. The number of rotatable bonds is 3. The van der Waals surface area contributed by atoms with Crippen LogP contribution in [-0.4, -0.2) is 17.3 Å². The van der Waals surface area contributed by atoms with Gasteiger partial charge in [-0.2, -0.15) is 0 Å². The summed E-state index contributed by atoms with van der Waals surface area (Å²) in [5.74, 6) is 1.63. The third-order valence-electron chi connectivity index (χ3n) is 2.51. The van der Waals surface area contributed by atoms with Gasteiger partial charge in [0.05, 0.1) is 18.9 Å². The van der Waals surface area contributed by atoms with E-state index in [1.807, 2.05) is 24.3 Å². The van der Waals surface area contributed by atoms with Crippen molar-refractivity contribution in [2.75, 3.05) is 7.11 Å². The minimum atomic E-state index is 0.432. The van der Waals surface area contributed by atoms with Crippen LogP contribution in [0.15, 0.2) is 51.7 Å². The molecule has 0 aliphatic heterocycles. The average molecular weight is 242 g/mol. The van der Waals surface area contributed by atoms with E-state index in [0.717, 1.165) is 16.9 Å². The Kier molecular flexibility index (Phi) is 2.57. The van der Waals surface area contributed by atoms with Gasteiger partial charge in [-0.15, -0.1) is 10.2 Å². The molecule has 0 atom stereocenters. The van der Waals surface area contributed by atoms with E-state index in [1.165, 1.54) is 0 Å². The summed E-state index contributed by atoms with van der Waals surface area (Å²) in [6, 6.07) is 9.22. The van der Waals surface area contributed by atoms with Crippen LogP contribution in [0.1, 0.15) is 0 Å². The predicted octanol–water partition coefficient (Wildman–Crippen LogP) is 3.01. The summed E-state index contributed by atoms with van der Waals surface area (Å²) in [4.78, 5) is 0. The maximum absolute atomic E-state index is 5.58. The summed E-state index contributed by atoms with van der Waals surface area (Å²) in [6.45, 7) is 0. The zero-order valence-electron chi connectivity index (χ0n) is 9.66. The topological polar surface area (TPSA) is 61.3 Å². The van der Waals surface area contributed by atoms with Crippen LogP contribution in [0.2, 0.25) is 0 Å². The van der Waals surface area contributed by atoms with Crippen molar-refractivity contribution in [3.8, 4) is 28.7 Å². The predicted molar refractivity (Wildman–Crippen MR) is 64.0 cm³/mol. The summed E-state index contributed by atoms with van der Waals surface area (Å²) < 4.78 is 15.7. The first-order valence-corrected chi connectivity index (χ1v) is 5.37. The third kappa shape index (κ3) is 1.86. The van der Waals surface area contributed by atoms with Crippen molar-refractivity contribution in [2.24, 2.45) is 0 Å². The minimum absolute atomic E-state index is 0.432. The molecule has 3 rings (SSSR count). The lowest BCUT2D eigenvalue weighted by Crippen LogP contribution is -1.83. The molecule has 2 heterocycles. The summed E-state index contributed by atoms with van der Waals surface area (Å²) in [7, 11) is 1.61. The Labute approximate surface area is 103 Å². The molecule has 0 saturated carbocycles. The van der Waals surface area contributed by atoms with Crippen molar-refractivity contribution in [1.82, 2.24) is 10.2 Å². The summed E-state index contributed by atoms with van der Waals surface area (Å²) in [5.41, 5.74) is 1.58. The highest BCUT2D eigenvalue weighted by molar-refractivity contribution is 5.58. The van der Waals surface area contributed by atoms with Gasteiger partial charge in [-0.1, -0.05) is 6.07 Å². The molecular formula is C13H10N2O3. The van der Waals surface area contributed by atoms with Gasteiger partial charge in [-0.25, -0.2) is 0 Å². The number of ether oxygens (including phenoxy) is 1. The molecule has 0 fully saturated rings. The number of aromatic nitrogens is 2. The van der Waals surface area contributed by atoms with Crippen LogP contribution in [0.5, 0.6) is 5.75 Å². The molecule has 90 valence electrons. The lowest BCUT2D eigenvalue weighted by atomic mass is 10.2. The number of methoxy groups -OCH3 is 1. The van der Waals surface area contributed by atoms with Gasteiger partial charge in [0.25, 0.3) is 5.89 Å². The molecule has 0 N–H and O–H groups in total. The van der Waals surface area contributed by atoms with E-state index in [0.29, 0.717) is 11.8 Å². The average Bonchev–Trinajstić information content (AvgIpc) is 3.09. The Morgan fingerprint density at radius 1 is 1.06 bits per heavy atom. The fourth-order valence-corrected chi connectivity index (χ4v) is 1.60. The third-order valence-corrected chi connectivity index (χ3v) is 2.51. The Hall–Kier alpha value is -2.56. The first-order valence-electron chi connectivity index (χ1n) is 5.37. The molecular weight excluding hydrogens is 232 g/mol. The Bertz CT molecular complexity index is 644. The highest BCUT2D eigenvalue weighted by Crippen LogP contribution is 2.26. The van der Waals surface area contributed by atoms with Gasteiger partial charge in [0.1, 0.15) is 12.0 Å². The monoisotopic (exact) mass is 242 g/mol. The van der Waals surface area contributed by atoms with Gasteiger partial charge < -0.3 is 13.6 Å². The number of hydrogen-bond acceptors (Lipinski definition) is 5. The van der Waals surface area contributed by atoms with Crippen molar-refractivity contribution in [2.45, 2.75) is 0 Å². The smallest absolute Gasteiger partial charge is 0.251 e. The van der Waals surface area contributed by atoms with Crippen molar-refractivity contribution in [3.63, 3.8) is 0 Å². The number of hydrogen-bond donors (Lipinski definition) is 0. The number of benzene rings is 1. The first-order chi connectivity index (χ1) is 8.86. The summed E-state index contributed by atoms with van der Waals surface area (Å²) >= 11 is 0. The summed E-state index contributed by atoms with van der Waals surface area (Å²) in [5, 5.41) is 7.98. The van der Waals surface area contributed by atoms with Crippen LogP contribution in [0.3, 0.4) is 0 Å². The molecule has 0 spiro atoms. The molecule has 3 aromatic rings. The molecule has 2 aromatic heterocycles. The second-order valence-corrected chi connectivity index (χ2v) is 3.66. The van der Waals surface area contributed by atoms with E-state index in [1.54, 1.807) is 25.7 Å². The van der Waals surface area contributed by atoms with Crippen LogP contribution >= 0.6 is 0 Å². The zero-order valence-corrected chi connectivity index (χ0v) is 9.66. The lowest BCUT2D eigenvalue weighted by Gasteiger charge is -1.99. The maximum Gasteiger partial charge on any atom is 0.251 e.